The van der Waals surface area contributed by atoms with Crippen molar-refractivity contribution in [1.29, 1.82) is 0 Å². The van der Waals surface area contributed by atoms with Crippen LogP contribution < -0.4 is 0 Å². The van der Waals surface area contributed by atoms with Gasteiger partial charge in [-0.05, 0) is 19.1 Å². The molecule has 1 heterocycles. The number of amides is 1. The van der Waals surface area contributed by atoms with Crippen molar-refractivity contribution in [3.63, 3.8) is 0 Å². The Kier molecular flexibility index (Phi) is 6.38. The number of aromatic nitrogens is 1. The Morgan fingerprint density at radius 3 is 2.52 bits per heavy atom. The number of aromatic carboxylic acids is 1. The minimum absolute atomic E-state index is 0.0146. The molecule has 0 saturated carbocycles. The lowest BCUT2D eigenvalue weighted by Crippen LogP contribution is -2.38. The summed E-state index contributed by atoms with van der Waals surface area (Å²) < 4.78 is 15.8. The lowest BCUT2D eigenvalue weighted by Gasteiger charge is -2.22. The Balaban J connectivity index is 3.15. The van der Waals surface area contributed by atoms with E-state index in [-0.39, 0.29) is 6.61 Å². The molecule has 0 aromatic carbocycles. The SMILES string of the molecule is CCOC(=O)CN(CP(=O)(O)O)C(=O)c1ncccc1C(=O)O. The van der Waals surface area contributed by atoms with Crippen molar-refractivity contribution < 1.29 is 38.6 Å². The van der Waals surface area contributed by atoms with Gasteiger partial charge in [-0.15, -0.1) is 0 Å². The Labute approximate surface area is 130 Å². The van der Waals surface area contributed by atoms with E-state index in [1.165, 1.54) is 13.0 Å². The van der Waals surface area contributed by atoms with Crippen molar-refractivity contribution in [3.8, 4) is 0 Å². The number of carboxylic acid groups (broad SMARTS) is 1. The molecule has 0 saturated heterocycles. The fourth-order valence-electron chi connectivity index (χ4n) is 1.67. The second-order valence-corrected chi connectivity index (χ2v) is 5.93. The maximum atomic E-state index is 12.3. The zero-order valence-electron chi connectivity index (χ0n) is 12.1. The van der Waals surface area contributed by atoms with Gasteiger partial charge in [0.1, 0.15) is 18.5 Å². The summed E-state index contributed by atoms with van der Waals surface area (Å²) in [6, 6.07) is 2.40. The van der Waals surface area contributed by atoms with Crippen LogP contribution >= 0.6 is 7.60 Å². The molecule has 0 bridgehead atoms. The molecule has 1 aromatic rings. The average Bonchev–Trinajstić information content (AvgIpc) is 2.44. The van der Waals surface area contributed by atoms with E-state index >= 15 is 0 Å². The van der Waals surface area contributed by atoms with E-state index in [2.05, 4.69) is 9.72 Å². The first-order chi connectivity index (χ1) is 10.7. The Hall–Kier alpha value is -2.29. The van der Waals surface area contributed by atoms with Crippen LogP contribution in [0.5, 0.6) is 0 Å². The highest BCUT2D eigenvalue weighted by molar-refractivity contribution is 7.51. The first-order valence-corrected chi connectivity index (χ1v) is 8.13. The van der Waals surface area contributed by atoms with Crippen LogP contribution in [0.15, 0.2) is 18.3 Å². The highest BCUT2D eigenvalue weighted by Crippen LogP contribution is 2.35. The molecule has 1 amide bonds. The molecule has 0 spiro atoms. The lowest BCUT2D eigenvalue weighted by molar-refractivity contribution is -0.143. The van der Waals surface area contributed by atoms with Crippen LogP contribution in [-0.4, -0.2) is 62.1 Å². The minimum atomic E-state index is -4.69. The number of nitrogens with zero attached hydrogens (tertiary/aromatic N) is 2. The van der Waals surface area contributed by atoms with Gasteiger partial charge in [-0.2, -0.15) is 0 Å². The van der Waals surface area contributed by atoms with E-state index in [0.29, 0.717) is 4.90 Å². The average molecular weight is 346 g/mol. The van der Waals surface area contributed by atoms with Gasteiger partial charge in [-0.1, -0.05) is 0 Å². The molecular weight excluding hydrogens is 331 g/mol. The number of esters is 1. The van der Waals surface area contributed by atoms with Gasteiger partial charge in [0, 0.05) is 6.20 Å². The van der Waals surface area contributed by atoms with Crippen LogP contribution in [0.2, 0.25) is 0 Å². The van der Waals surface area contributed by atoms with Gasteiger partial charge in [0.25, 0.3) is 5.91 Å². The Bertz CT molecular complexity index is 656. The molecule has 11 heteroatoms. The van der Waals surface area contributed by atoms with Gasteiger partial charge >= 0.3 is 19.5 Å². The number of carbonyl (C=O) groups is 3. The van der Waals surface area contributed by atoms with Crippen LogP contribution in [0, 0.1) is 0 Å². The molecule has 1 rings (SSSR count). The van der Waals surface area contributed by atoms with Crippen LogP contribution in [0.1, 0.15) is 27.8 Å². The van der Waals surface area contributed by atoms with E-state index < -0.39 is 49.5 Å². The minimum Gasteiger partial charge on any atom is -0.478 e. The number of carbonyl (C=O) groups excluding carboxylic acids is 2. The number of hydrogen-bond donors (Lipinski definition) is 3. The number of ether oxygens (including phenoxy) is 1. The summed E-state index contributed by atoms with van der Waals surface area (Å²) >= 11 is 0. The first-order valence-electron chi connectivity index (χ1n) is 6.33. The Morgan fingerprint density at radius 1 is 1.35 bits per heavy atom. The summed E-state index contributed by atoms with van der Waals surface area (Å²) in [5.74, 6) is -3.42. The van der Waals surface area contributed by atoms with E-state index in [0.717, 1.165) is 12.3 Å². The van der Waals surface area contributed by atoms with Gasteiger partial charge in [0.2, 0.25) is 0 Å². The topological polar surface area (TPSA) is 154 Å². The number of rotatable bonds is 7. The van der Waals surface area contributed by atoms with E-state index in [1.807, 2.05) is 0 Å². The fourth-order valence-corrected chi connectivity index (χ4v) is 2.34. The second kappa shape index (κ2) is 7.82. The van der Waals surface area contributed by atoms with Crippen molar-refractivity contribution in [2.24, 2.45) is 0 Å². The van der Waals surface area contributed by atoms with E-state index in [4.69, 9.17) is 14.9 Å². The van der Waals surface area contributed by atoms with Crippen molar-refractivity contribution in [3.05, 3.63) is 29.6 Å². The first kappa shape index (κ1) is 18.8. The van der Waals surface area contributed by atoms with E-state index in [9.17, 15) is 18.9 Å². The molecule has 3 N–H and O–H groups in total. The highest BCUT2D eigenvalue weighted by atomic mass is 31.2. The summed E-state index contributed by atoms with van der Waals surface area (Å²) in [7, 11) is -4.69. The molecule has 1 aromatic heterocycles. The van der Waals surface area contributed by atoms with Gasteiger partial charge in [-0.3, -0.25) is 19.1 Å². The highest BCUT2D eigenvalue weighted by Gasteiger charge is 2.30. The van der Waals surface area contributed by atoms with Gasteiger partial charge in [0.15, 0.2) is 0 Å². The van der Waals surface area contributed by atoms with Crippen LogP contribution in [-0.2, 0) is 14.1 Å². The molecule has 0 radical (unpaired) electrons. The quantitative estimate of drug-likeness (QED) is 0.454. The van der Waals surface area contributed by atoms with Crippen LogP contribution in [0.25, 0.3) is 0 Å². The molecule has 0 aliphatic rings. The molecule has 10 nitrogen and oxygen atoms in total. The number of hydrogen-bond acceptors (Lipinski definition) is 6. The predicted octanol–water partition coefficient (Wildman–Crippen LogP) is -0.0797. The summed E-state index contributed by atoms with van der Waals surface area (Å²) in [5, 5.41) is 9.04. The third kappa shape index (κ3) is 5.78. The predicted molar refractivity (Wildman–Crippen MR) is 75.8 cm³/mol. The fraction of sp³-hybridized carbons (Fsp3) is 0.333. The maximum Gasteiger partial charge on any atom is 0.344 e. The number of pyridine rings is 1. The molecule has 0 atom stereocenters. The monoisotopic (exact) mass is 346 g/mol. The molecule has 126 valence electrons. The van der Waals surface area contributed by atoms with Gasteiger partial charge in [0.05, 0.1) is 12.2 Å². The Morgan fingerprint density at radius 2 is 2.00 bits per heavy atom. The molecule has 0 unspecified atom stereocenters. The second-order valence-electron chi connectivity index (χ2n) is 4.32. The summed E-state index contributed by atoms with van der Waals surface area (Å²) in [5.41, 5.74) is -0.977. The smallest absolute Gasteiger partial charge is 0.344 e. The maximum absolute atomic E-state index is 12.3. The molecule has 23 heavy (non-hydrogen) atoms. The van der Waals surface area contributed by atoms with Gasteiger partial charge < -0.3 is 24.5 Å². The van der Waals surface area contributed by atoms with Crippen molar-refractivity contribution in [1.82, 2.24) is 9.88 Å². The van der Waals surface area contributed by atoms with Crippen molar-refractivity contribution in [2.45, 2.75) is 6.92 Å². The molecule has 0 fully saturated rings. The normalized spacial score (nSPS) is 10.9. The van der Waals surface area contributed by atoms with Gasteiger partial charge in [-0.25, -0.2) is 4.79 Å². The van der Waals surface area contributed by atoms with Crippen molar-refractivity contribution in [2.75, 3.05) is 19.4 Å². The zero-order valence-corrected chi connectivity index (χ0v) is 13.0. The molecule has 0 aliphatic heterocycles. The van der Waals surface area contributed by atoms with Crippen molar-refractivity contribution >= 4 is 25.4 Å². The zero-order chi connectivity index (χ0) is 17.6. The third-order valence-electron chi connectivity index (χ3n) is 2.51. The largest absolute Gasteiger partial charge is 0.478 e. The van der Waals surface area contributed by atoms with E-state index in [1.54, 1.807) is 0 Å². The van der Waals surface area contributed by atoms with Crippen LogP contribution in [0.4, 0.5) is 0 Å². The summed E-state index contributed by atoms with van der Waals surface area (Å²) in [6.07, 6.45) is 0.0833. The van der Waals surface area contributed by atoms with Crippen LogP contribution in [0.3, 0.4) is 0 Å². The summed E-state index contributed by atoms with van der Waals surface area (Å²) in [4.78, 5) is 57.1. The molecule has 0 aliphatic carbocycles. The molecular formula is C12H15N2O8P. The number of carboxylic acids is 1. The lowest BCUT2D eigenvalue weighted by atomic mass is 10.2. The third-order valence-corrected chi connectivity index (χ3v) is 3.22. The summed E-state index contributed by atoms with van der Waals surface area (Å²) in [6.45, 7) is 0.794. The standard InChI is InChI=1S/C12H15N2O8P/c1-2-22-9(15)6-14(7-23(19,20)21)11(16)10-8(12(17)18)4-3-5-13-10/h3-5H,2,6-7H2,1H3,(H,17,18)(H2,19,20,21).